The van der Waals surface area contributed by atoms with Crippen molar-refractivity contribution in [3.05, 3.63) is 34.6 Å². The van der Waals surface area contributed by atoms with Crippen molar-refractivity contribution in [2.24, 2.45) is 11.8 Å². The Bertz CT molecular complexity index is 560. The van der Waals surface area contributed by atoms with Gasteiger partial charge in [0.05, 0.1) is 16.5 Å². The van der Waals surface area contributed by atoms with Crippen LogP contribution in [0.4, 0.5) is 4.39 Å². The van der Waals surface area contributed by atoms with E-state index in [-0.39, 0.29) is 28.4 Å². The molecule has 1 fully saturated rings. The Hall–Kier alpha value is -0.320. The minimum Gasteiger partial charge on any atom is -0.229 e. The minimum atomic E-state index is -2.90. The molecule has 0 amide bonds. The van der Waals surface area contributed by atoms with E-state index in [1.807, 2.05) is 0 Å². The fourth-order valence-corrected chi connectivity index (χ4v) is 5.00. The maximum absolute atomic E-state index is 13.1. The van der Waals surface area contributed by atoms with E-state index in [1.165, 1.54) is 6.07 Å². The van der Waals surface area contributed by atoms with Crippen LogP contribution < -0.4 is 0 Å². The van der Waals surface area contributed by atoms with Crippen molar-refractivity contribution in [3.63, 3.8) is 0 Å². The molecule has 0 aromatic heterocycles. The quantitative estimate of drug-likeness (QED) is 0.796. The molecule has 0 spiro atoms. The lowest BCUT2D eigenvalue weighted by atomic mass is 9.88. The van der Waals surface area contributed by atoms with Crippen LogP contribution >= 0.6 is 23.2 Å². The average molecular weight is 325 g/mol. The first kappa shape index (κ1) is 15.1. The van der Waals surface area contributed by atoms with Gasteiger partial charge in [0.15, 0.2) is 9.84 Å². The molecule has 1 aromatic carbocycles. The van der Waals surface area contributed by atoms with Crippen molar-refractivity contribution in [2.45, 2.75) is 12.8 Å². The Kier molecular flexibility index (Phi) is 4.75. The van der Waals surface area contributed by atoms with Crippen LogP contribution in [0.2, 0.25) is 5.02 Å². The van der Waals surface area contributed by atoms with E-state index >= 15 is 0 Å². The zero-order chi connectivity index (χ0) is 14.0. The molecule has 0 radical (unpaired) electrons. The van der Waals surface area contributed by atoms with Crippen LogP contribution in [0.25, 0.3) is 0 Å². The maximum Gasteiger partial charge on any atom is 0.150 e. The Morgan fingerprint density at radius 2 is 2.16 bits per heavy atom. The van der Waals surface area contributed by atoms with Gasteiger partial charge < -0.3 is 0 Å². The molecule has 0 bridgehead atoms. The summed E-state index contributed by atoms with van der Waals surface area (Å²) in [5, 5.41) is 0.0878. The number of sulfone groups is 1. The van der Waals surface area contributed by atoms with Crippen LogP contribution in [0.1, 0.15) is 12.0 Å². The molecule has 1 aromatic rings. The summed E-state index contributed by atoms with van der Waals surface area (Å²) in [7, 11) is -2.90. The highest BCUT2D eigenvalue weighted by Gasteiger charge is 2.33. The van der Waals surface area contributed by atoms with Gasteiger partial charge in [0, 0.05) is 5.88 Å². The Morgan fingerprint density at radius 1 is 1.42 bits per heavy atom. The third-order valence-electron chi connectivity index (χ3n) is 3.61. The molecule has 0 aliphatic carbocycles. The molecule has 1 aliphatic heterocycles. The predicted octanol–water partition coefficient (Wildman–Crippen LogP) is 3.31. The van der Waals surface area contributed by atoms with Crippen molar-refractivity contribution in [3.8, 4) is 0 Å². The molecule has 2 atom stereocenters. The molecule has 106 valence electrons. The number of alkyl halides is 1. The topological polar surface area (TPSA) is 34.1 Å². The normalized spacial score (nSPS) is 23.4. The summed E-state index contributed by atoms with van der Waals surface area (Å²) in [6.45, 7) is 0. The van der Waals surface area contributed by atoms with Gasteiger partial charge in [-0.25, -0.2) is 12.8 Å². The van der Waals surface area contributed by atoms with Crippen molar-refractivity contribution in [1.82, 2.24) is 0 Å². The Labute approximate surface area is 122 Å². The molecule has 2 rings (SSSR count). The van der Waals surface area contributed by atoms with Crippen LogP contribution in [0.3, 0.4) is 0 Å². The summed E-state index contributed by atoms with van der Waals surface area (Å²) >= 11 is 11.7. The first-order valence-electron chi connectivity index (χ1n) is 6.11. The first-order valence-corrected chi connectivity index (χ1v) is 8.85. The van der Waals surface area contributed by atoms with Gasteiger partial charge in [0.2, 0.25) is 0 Å². The second kappa shape index (κ2) is 5.98. The predicted molar refractivity (Wildman–Crippen MR) is 76.1 cm³/mol. The van der Waals surface area contributed by atoms with E-state index < -0.39 is 15.7 Å². The van der Waals surface area contributed by atoms with Crippen LogP contribution in [0.15, 0.2) is 18.2 Å². The molecule has 19 heavy (non-hydrogen) atoms. The molecular weight excluding hydrogens is 310 g/mol. The largest absolute Gasteiger partial charge is 0.229 e. The average Bonchev–Trinajstić information content (AvgIpc) is 2.71. The van der Waals surface area contributed by atoms with Gasteiger partial charge in [-0.2, -0.15) is 0 Å². The number of hydrogen-bond acceptors (Lipinski definition) is 2. The van der Waals surface area contributed by atoms with Gasteiger partial charge in [-0.05, 0) is 42.4 Å². The van der Waals surface area contributed by atoms with Crippen LogP contribution in [0.5, 0.6) is 0 Å². The number of benzene rings is 1. The molecule has 1 heterocycles. The summed E-state index contributed by atoms with van der Waals surface area (Å²) in [6, 6.07) is 4.58. The van der Waals surface area contributed by atoms with Crippen molar-refractivity contribution in [1.29, 1.82) is 0 Å². The third-order valence-corrected chi connectivity index (χ3v) is 6.09. The van der Waals surface area contributed by atoms with Crippen LogP contribution in [0, 0.1) is 17.7 Å². The molecule has 6 heteroatoms. The van der Waals surface area contributed by atoms with E-state index in [9.17, 15) is 12.8 Å². The lowest BCUT2D eigenvalue weighted by molar-refractivity contribution is 0.398. The highest BCUT2D eigenvalue weighted by atomic mass is 35.5. The second-order valence-electron chi connectivity index (χ2n) is 5.03. The van der Waals surface area contributed by atoms with Gasteiger partial charge in [-0.3, -0.25) is 0 Å². The Morgan fingerprint density at radius 3 is 2.68 bits per heavy atom. The highest BCUT2D eigenvalue weighted by Crippen LogP contribution is 2.30. The van der Waals surface area contributed by atoms with E-state index in [2.05, 4.69) is 0 Å². The third kappa shape index (κ3) is 3.83. The molecule has 2 unspecified atom stereocenters. The molecule has 2 nitrogen and oxygen atoms in total. The Balaban J connectivity index is 2.09. The smallest absolute Gasteiger partial charge is 0.150 e. The summed E-state index contributed by atoms with van der Waals surface area (Å²) in [6.07, 6.45) is 1.29. The second-order valence-corrected chi connectivity index (χ2v) is 7.97. The van der Waals surface area contributed by atoms with Crippen molar-refractivity contribution in [2.75, 3.05) is 17.4 Å². The summed E-state index contributed by atoms with van der Waals surface area (Å²) in [5.74, 6) is 0.576. The zero-order valence-corrected chi connectivity index (χ0v) is 12.6. The summed E-state index contributed by atoms with van der Waals surface area (Å²) < 4.78 is 36.1. The molecular formula is C13H15Cl2FO2S. The monoisotopic (exact) mass is 324 g/mol. The molecule has 0 N–H and O–H groups in total. The van der Waals surface area contributed by atoms with Gasteiger partial charge in [0.1, 0.15) is 5.82 Å². The maximum atomic E-state index is 13.1. The van der Waals surface area contributed by atoms with Crippen molar-refractivity contribution >= 4 is 33.0 Å². The first-order chi connectivity index (χ1) is 8.91. The molecule has 1 saturated heterocycles. The van der Waals surface area contributed by atoms with E-state index in [1.54, 1.807) is 12.1 Å². The van der Waals surface area contributed by atoms with E-state index in [4.69, 9.17) is 23.2 Å². The SMILES string of the molecule is O=S1(=O)CCC(C(CCl)Cc2ccc(F)c(Cl)c2)C1. The lowest BCUT2D eigenvalue weighted by Crippen LogP contribution is -2.20. The molecule has 0 saturated carbocycles. The fourth-order valence-electron chi connectivity index (χ4n) is 2.51. The van der Waals surface area contributed by atoms with Crippen LogP contribution in [-0.4, -0.2) is 25.8 Å². The standard InChI is InChI=1S/C13H15Cl2FO2S/c14-7-11(10-3-4-19(17,18)8-10)5-9-1-2-13(16)12(15)6-9/h1-2,6,10-11H,3-5,7-8H2. The van der Waals surface area contributed by atoms with E-state index in [0.717, 1.165) is 5.56 Å². The van der Waals surface area contributed by atoms with Gasteiger partial charge in [-0.1, -0.05) is 17.7 Å². The number of halogens is 3. The molecule has 1 aliphatic rings. The summed E-state index contributed by atoms with van der Waals surface area (Å²) in [4.78, 5) is 0. The lowest BCUT2D eigenvalue weighted by Gasteiger charge is -2.20. The highest BCUT2D eigenvalue weighted by molar-refractivity contribution is 7.91. The van der Waals surface area contributed by atoms with Gasteiger partial charge in [0.25, 0.3) is 0 Å². The van der Waals surface area contributed by atoms with Gasteiger partial charge >= 0.3 is 0 Å². The van der Waals surface area contributed by atoms with Crippen LogP contribution in [-0.2, 0) is 16.3 Å². The number of rotatable bonds is 4. The van der Waals surface area contributed by atoms with E-state index in [0.29, 0.717) is 18.7 Å². The summed E-state index contributed by atoms with van der Waals surface area (Å²) in [5.41, 5.74) is 0.890. The van der Waals surface area contributed by atoms with Crippen molar-refractivity contribution < 1.29 is 12.8 Å². The minimum absolute atomic E-state index is 0.0838. The zero-order valence-electron chi connectivity index (χ0n) is 10.3. The fraction of sp³-hybridized carbons (Fsp3) is 0.538. The van der Waals surface area contributed by atoms with Gasteiger partial charge in [-0.15, -0.1) is 11.6 Å². The number of hydrogen-bond donors (Lipinski definition) is 0.